The van der Waals surface area contributed by atoms with E-state index in [4.69, 9.17) is 9.84 Å². The van der Waals surface area contributed by atoms with Crippen LogP contribution in [0.2, 0.25) is 0 Å². The topological polar surface area (TPSA) is 63.6 Å². The molecular weight excluding hydrogens is 280 g/mol. The van der Waals surface area contributed by atoms with Crippen LogP contribution in [0.3, 0.4) is 0 Å². The molecule has 0 unspecified atom stereocenters. The Balaban J connectivity index is 1.96. The van der Waals surface area contributed by atoms with Gasteiger partial charge in [-0.3, -0.25) is 4.79 Å². The third-order valence-electron chi connectivity index (χ3n) is 3.17. The number of carbonyl (C=O) groups excluding carboxylic acids is 1. The summed E-state index contributed by atoms with van der Waals surface area (Å²) in [5, 5.41) is 8.48. The Morgan fingerprint density at radius 3 is 2.41 bits per heavy atom. The van der Waals surface area contributed by atoms with Crippen LogP contribution in [0, 0.1) is 6.92 Å². The average Bonchev–Trinajstić information content (AvgIpc) is 2.52. The molecule has 0 saturated carbocycles. The number of carboxylic acids is 1. The predicted molar refractivity (Wildman–Crippen MR) is 83.6 cm³/mol. The maximum atomic E-state index is 11.0. The number of carboxylic acid groups (broad SMARTS) is 1. The van der Waals surface area contributed by atoms with Crippen LogP contribution in [-0.4, -0.2) is 16.9 Å². The quantitative estimate of drug-likeness (QED) is 0.656. The van der Waals surface area contributed by atoms with Crippen LogP contribution in [0.5, 0.6) is 5.75 Å². The van der Waals surface area contributed by atoms with Gasteiger partial charge in [0.15, 0.2) is 0 Å². The SMILES string of the molecule is Cc1ccccc1COc1ccc(/C=C/C(=O)C(=O)O)cc1. The lowest BCUT2D eigenvalue weighted by atomic mass is 10.1. The van der Waals surface area contributed by atoms with Crippen molar-refractivity contribution in [3.63, 3.8) is 0 Å². The van der Waals surface area contributed by atoms with Gasteiger partial charge in [0.25, 0.3) is 5.78 Å². The molecule has 1 N–H and O–H groups in total. The van der Waals surface area contributed by atoms with E-state index in [2.05, 4.69) is 0 Å². The molecule has 0 heterocycles. The Labute approximate surface area is 128 Å². The third-order valence-corrected chi connectivity index (χ3v) is 3.17. The monoisotopic (exact) mass is 296 g/mol. The molecule has 4 heteroatoms. The van der Waals surface area contributed by atoms with Crippen molar-refractivity contribution in [2.24, 2.45) is 0 Å². The molecule has 0 saturated heterocycles. The van der Waals surface area contributed by atoms with E-state index < -0.39 is 11.8 Å². The summed E-state index contributed by atoms with van der Waals surface area (Å²) in [4.78, 5) is 21.4. The Bertz CT molecular complexity index is 699. The molecule has 0 bridgehead atoms. The van der Waals surface area contributed by atoms with E-state index in [9.17, 15) is 9.59 Å². The van der Waals surface area contributed by atoms with Gasteiger partial charge < -0.3 is 9.84 Å². The van der Waals surface area contributed by atoms with Crippen LogP contribution in [0.4, 0.5) is 0 Å². The zero-order valence-corrected chi connectivity index (χ0v) is 12.2. The van der Waals surface area contributed by atoms with Gasteiger partial charge in [0.1, 0.15) is 12.4 Å². The molecular formula is C18H16O4. The van der Waals surface area contributed by atoms with Crippen LogP contribution < -0.4 is 4.74 Å². The normalized spacial score (nSPS) is 10.6. The molecule has 22 heavy (non-hydrogen) atoms. The van der Waals surface area contributed by atoms with E-state index >= 15 is 0 Å². The average molecular weight is 296 g/mol. The number of carbonyl (C=O) groups is 2. The number of aliphatic carboxylic acids is 1. The van der Waals surface area contributed by atoms with Crippen molar-refractivity contribution >= 4 is 17.8 Å². The number of aryl methyl sites for hydroxylation is 1. The van der Waals surface area contributed by atoms with Crippen molar-refractivity contribution in [2.45, 2.75) is 13.5 Å². The molecule has 0 aliphatic rings. The molecule has 2 rings (SSSR count). The van der Waals surface area contributed by atoms with Gasteiger partial charge in [-0.25, -0.2) is 4.79 Å². The van der Waals surface area contributed by atoms with E-state index in [1.165, 1.54) is 11.6 Å². The molecule has 0 aliphatic heterocycles. The predicted octanol–water partition coefficient (Wildman–Crippen LogP) is 3.24. The molecule has 0 amide bonds. The lowest BCUT2D eigenvalue weighted by Crippen LogP contribution is -2.08. The van der Waals surface area contributed by atoms with Gasteiger partial charge in [0.2, 0.25) is 0 Å². The minimum atomic E-state index is -1.46. The maximum absolute atomic E-state index is 11.0. The first-order valence-corrected chi connectivity index (χ1v) is 6.79. The number of ketones is 1. The van der Waals surface area contributed by atoms with Crippen molar-refractivity contribution in [2.75, 3.05) is 0 Å². The fraction of sp³-hybridized carbons (Fsp3) is 0.111. The number of ether oxygens (including phenoxy) is 1. The van der Waals surface area contributed by atoms with Crippen molar-refractivity contribution in [3.05, 3.63) is 71.3 Å². The third kappa shape index (κ3) is 4.31. The molecule has 0 radical (unpaired) electrons. The molecule has 4 nitrogen and oxygen atoms in total. The Morgan fingerprint density at radius 1 is 1.09 bits per heavy atom. The zero-order valence-electron chi connectivity index (χ0n) is 12.2. The van der Waals surface area contributed by atoms with Crippen molar-refractivity contribution in [1.29, 1.82) is 0 Å². The second kappa shape index (κ2) is 7.22. The number of rotatable bonds is 6. The Hall–Kier alpha value is -2.88. The zero-order chi connectivity index (χ0) is 15.9. The van der Waals surface area contributed by atoms with Crippen LogP contribution in [0.1, 0.15) is 16.7 Å². The smallest absolute Gasteiger partial charge is 0.376 e. The van der Waals surface area contributed by atoms with Gasteiger partial charge in [0, 0.05) is 0 Å². The van der Waals surface area contributed by atoms with Gasteiger partial charge in [-0.05, 0) is 41.8 Å². The molecule has 2 aromatic rings. The first kappa shape index (κ1) is 15.5. The van der Waals surface area contributed by atoms with E-state index in [0.29, 0.717) is 12.4 Å². The maximum Gasteiger partial charge on any atom is 0.376 e. The highest BCUT2D eigenvalue weighted by molar-refractivity contribution is 6.38. The highest BCUT2D eigenvalue weighted by Crippen LogP contribution is 2.16. The minimum Gasteiger partial charge on any atom is -0.489 e. The van der Waals surface area contributed by atoms with E-state index in [1.807, 2.05) is 31.2 Å². The molecule has 0 atom stereocenters. The largest absolute Gasteiger partial charge is 0.489 e. The van der Waals surface area contributed by atoms with Crippen molar-refractivity contribution < 1.29 is 19.4 Å². The van der Waals surface area contributed by atoms with E-state index in [0.717, 1.165) is 17.2 Å². The number of hydrogen-bond donors (Lipinski definition) is 1. The molecule has 0 aliphatic carbocycles. The van der Waals surface area contributed by atoms with Crippen molar-refractivity contribution in [3.8, 4) is 5.75 Å². The van der Waals surface area contributed by atoms with Crippen LogP contribution in [0.25, 0.3) is 6.08 Å². The van der Waals surface area contributed by atoms with Gasteiger partial charge >= 0.3 is 5.97 Å². The van der Waals surface area contributed by atoms with E-state index in [-0.39, 0.29) is 0 Å². The second-order valence-corrected chi connectivity index (χ2v) is 4.79. The fourth-order valence-electron chi connectivity index (χ4n) is 1.85. The lowest BCUT2D eigenvalue weighted by Gasteiger charge is -2.08. The van der Waals surface area contributed by atoms with Crippen LogP contribution >= 0.6 is 0 Å². The van der Waals surface area contributed by atoms with Crippen molar-refractivity contribution in [1.82, 2.24) is 0 Å². The second-order valence-electron chi connectivity index (χ2n) is 4.79. The lowest BCUT2D eigenvalue weighted by molar-refractivity contribution is -0.146. The van der Waals surface area contributed by atoms with Crippen LogP contribution in [0.15, 0.2) is 54.6 Å². The summed E-state index contributed by atoms with van der Waals surface area (Å²) in [6.45, 7) is 2.52. The fourth-order valence-corrected chi connectivity index (χ4v) is 1.85. The van der Waals surface area contributed by atoms with Crippen LogP contribution in [-0.2, 0) is 16.2 Å². The van der Waals surface area contributed by atoms with E-state index in [1.54, 1.807) is 24.3 Å². The molecule has 0 aromatic heterocycles. The number of hydrogen-bond acceptors (Lipinski definition) is 3. The molecule has 0 fully saturated rings. The number of benzene rings is 2. The molecule has 112 valence electrons. The summed E-state index contributed by atoms with van der Waals surface area (Å²) in [5.74, 6) is -1.70. The van der Waals surface area contributed by atoms with Gasteiger partial charge in [-0.2, -0.15) is 0 Å². The highest BCUT2D eigenvalue weighted by Gasteiger charge is 2.05. The highest BCUT2D eigenvalue weighted by atomic mass is 16.5. The Kier molecular flexibility index (Phi) is 5.09. The Morgan fingerprint density at radius 2 is 1.77 bits per heavy atom. The van der Waals surface area contributed by atoms with Gasteiger partial charge in [0.05, 0.1) is 0 Å². The minimum absolute atomic E-state index is 0.485. The summed E-state index contributed by atoms with van der Waals surface area (Å²) < 4.78 is 5.71. The first-order valence-electron chi connectivity index (χ1n) is 6.79. The molecule has 0 spiro atoms. The summed E-state index contributed by atoms with van der Waals surface area (Å²) in [7, 11) is 0. The summed E-state index contributed by atoms with van der Waals surface area (Å²) in [6.07, 6.45) is 2.49. The van der Waals surface area contributed by atoms with Gasteiger partial charge in [-0.15, -0.1) is 0 Å². The summed E-state index contributed by atoms with van der Waals surface area (Å²) in [5.41, 5.74) is 3.03. The standard InChI is InChI=1S/C18H16O4/c1-13-4-2-3-5-15(13)12-22-16-9-6-14(7-10-16)8-11-17(19)18(20)21/h2-11H,12H2,1H3,(H,20,21)/b11-8+. The first-order chi connectivity index (χ1) is 10.6. The molecule has 2 aromatic carbocycles. The van der Waals surface area contributed by atoms with Gasteiger partial charge in [-0.1, -0.05) is 42.5 Å². The summed E-state index contributed by atoms with van der Waals surface area (Å²) >= 11 is 0. The summed E-state index contributed by atoms with van der Waals surface area (Å²) in [6, 6.07) is 15.1.